The highest BCUT2D eigenvalue weighted by atomic mass is 79.9. The summed E-state index contributed by atoms with van der Waals surface area (Å²) >= 11 is 3.49. The number of nitrogens with zero attached hydrogens (tertiary/aromatic N) is 1. The van der Waals surface area contributed by atoms with Gasteiger partial charge in [0, 0.05) is 4.47 Å². The topological polar surface area (TPSA) is 23.8 Å². The zero-order valence-corrected chi connectivity index (χ0v) is 12.4. The Labute approximate surface area is 126 Å². The maximum absolute atomic E-state index is 8.69. The van der Waals surface area contributed by atoms with E-state index in [9.17, 15) is 0 Å². The molecule has 0 aliphatic rings. The van der Waals surface area contributed by atoms with E-state index in [1.165, 1.54) is 21.9 Å². The fraction of sp³-hybridized carbons (Fsp3) is 0.0556. The summed E-state index contributed by atoms with van der Waals surface area (Å²) < 4.78 is 1.10. The van der Waals surface area contributed by atoms with Crippen LogP contribution < -0.4 is 0 Å². The quantitative estimate of drug-likeness (QED) is 0.625. The highest BCUT2D eigenvalue weighted by Gasteiger charge is 2.01. The van der Waals surface area contributed by atoms with Crippen molar-refractivity contribution in [3.63, 3.8) is 0 Å². The van der Waals surface area contributed by atoms with E-state index in [2.05, 4.69) is 70.5 Å². The summed E-state index contributed by atoms with van der Waals surface area (Å²) in [5.74, 6) is 0. The summed E-state index contributed by atoms with van der Waals surface area (Å²) in [5, 5.41) is 11.1. The molecule has 0 unspecified atom stereocenters. The molecule has 0 saturated carbocycles. The maximum Gasteiger partial charge on any atom is 0.0669 e. The number of benzene rings is 3. The van der Waals surface area contributed by atoms with Gasteiger partial charge in [-0.3, -0.25) is 0 Å². The molecule has 0 atom stereocenters. The molecule has 0 aliphatic carbocycles. The minimum Gasteiger partial charge on any atom is -0.198 e. The predicted octanol–water partition coefficient (Wildman–Crippen LogP) is 5.34. The Morgan fingerprint density at radius 1 is 0.800 bits per heavy atom. The number of hydrogen-bond donors (Lipinski definition) is 0. The summed E-state index contributed by atoms with van der Waals surface area (Å²) in [6.45, 7) is 0. The molecule has 0 radical (unpaired) electrons. The smallest absolute Gasteiger partial charge is 0.0669 e. The molecule has 0 aliphatic heterocycles. The Bertz CT molecular complexity index is 798. The van der Waals surface area contributed by atoms with Gasteiger partial charge in [0.15, 0.2) is 0 Å². The fourth-order valence-electron chi connectivity index (χ4n) is 2.30. The van der Waals surface area contributed by atoms with Crippen LogP contribution in [0.15, 0.2) is 65.1 Å². The summed E-state index contributed by atoms with van der Waals surface area (Å²) in [4.78, 5) is 0. The van der Waals surface area contributed by atoms with Gasteiger partial charge in [0.25, 0.3) is 0 Å². The van der Waals surface area contributed by atoms with Crippen molar-refractivity contribution in [2.45, 2.75) is 6.42 Å². The number of fused-ring (bicyclic) bond motifs is 1. The van der Waals surface area contributed by atoms with Crippen molar-refractivity contribution >= 4 is 26.7 Å². The van der Waals surface area contributed by atoms with Crippen molar-refractivity contribution in [3.8, 4) is 17.2 Å². The monoisotopic (exact) mass is 321 g/mol. The van der Waals surface area contributed by atoms with E-state index < -0.39 is 0 Å². The number of rotatable bonds is 2. The SMILES string of the molecule is N#CCc1ccc(-c2ccc3cc(Br)ccc3c2)cc1. The summed E-state index contributed by atoms with van der Waals surface area (Å²) in [6, 6.07) is 23.1. The van der Waals surface area contributed by atoms with E-state index in [1.54, 1.807) is 0 Å². The van der Waals surface area contributed by atoms with Gasteiger partial charge in [-0.05, 0) is 45.7 Å². The Balaban J connectivity index is 2.01. The second-order valence-electron chi connectivity index (χ2n) is 4.74. The summed E-state index contributed by atoms with van der Waals surface area (Å²) in [7, 11) is 0. The first kappa shape index (κ1) is 12.9. The van der Waals surface area contributed by atoms with E-state index in [1.807, 2.05) is 12.1 Å². The van der Waals surface area contributed by atoms with Gasteiger partial charge in [-0.15, -0.1) is 0 Å². The average Bonchev–Trinajstić information content (AvgIpc) is 2.48. The van der Waals surface area contributed by atoms with Crippen LogP contribution in [0.1, 0.15) is 5.56 Å². The minimum absolute atomic E-state index is 0.464. The van der Waals surface area contributed by atoms with Crippen LogP contribution in [0.4, 0.5) is 0 Å². The van der Waals surface area contributed by atoms with Crippen LogP contribution in [0, 0.1) is 11.3 Å². The van der Waals surface area contributed by atoms with E-state index in [0.29, 0.717) is 6.42 Å². The van der Waals surface area contributed by atoms with Gasteiger partial charge >= 0.3 is 0 Å². The lowest BCUT2D eigenvalue weighted by Crippen LogP contribution is -1.83. The van der Waals surface area contributed by atoms with E-state index in [4.69, 9.17) is 5.26 Å². The van der Waals surface area contributed by atoms with Gasteiger partial charge < -0.3 is 0 Å². The van der Waals surface area contributed by atoms with Crippen LogP contribution in [0.2, 0.25) is 0 Å². The van der Waals surface area contributed by atoms with Gasteiger partial charge in [0.05, 0.1) is 12.5 Å². The summed E-state index contributed by atoms with van der Waals surface area (Å²) in [5.41, 5.74) is 3.43. The van der Waals surface area contributed by atoms with Crippen LogP contribution in [-0.2, 0) is 6.42 Å². The fourth-order valence-corrected chi connectivity index (χ4v) is 2.68. The normalized spacial score (nSPS) is 10.4. The molecule has 0 fully saturated rings. The maximum atomic E-state index is 8.69. The lowest BCUT2D eigenvalue weighted by Gasteiger charge is -2.05. The van der Waals surface area contributed by atoms with Crippen molar-refractivity contribution in [1.82, 2.24) is 0 Å². The van der Waals surface area contributed by atoms with Crippen molar-refractivity contribution in [1.29, 1.82) is 5.26 Å². The van der Waals surface area contributed by atoms with Crippen molar-refractivity contribution in [2.75, 3.05) is 0 Å². The third kappa shape index (κ3) is 2.59. The molecule has 0 bridgehead atoms. The zero-order valence-electron chi connectivity index (χ0n) is 10.8. The Morgan fingerprint density at radius 3 is 2.20 bits per heavy atom. The minimum atomic E-state index is 0.464. The first-order chi connectivity index (χ1) is 9.76. The first-order valence-electron chi connectivity index (χ1n) is 6.42. The molecule has 3 aromatic rings. The molecule has 0 aromatic heterocycles. The standard InChI is InChI=1S/C18H12BrN/c19-18-8-7-16-11-15(5-6-17(16)12-18)14-3-1-13(2-4-14)9-10-20/h1-8,11-12H,9H2. The van der Waals surface area contributed by atoms with Crippen molar-refractivity contribution in [3.05, 3.63) is 70.7 Å². The Morgan fingerprint density at radius 2 is 1.45 bits per heavy atom. The molecule has 1 nitrogen and oxygen atoms in total. The lowest BCUT2D eigenvalue weighted by molar-refractivity contribution is 1.26. The van der Waals surface area contributed by atoms with E-state index in [-0.39, 0.29) is 0 Å². The highest BCUT2D eigenvalue weighted by Crippen LogP contribution is 2.26. The molecule has 0 heterocycles. The molecule has 2 heteroatoms. The van der Waals surface area contributed by atoms with Gasteiger partial charge in [-0.2, -0.15) is 5.26 Å². The second-order valence-corrected chi connectivity index (χ2v) is 5.65. The number of nitriles is 1. The van der Waals surface area contributed by atoms with Gasteiger partial charge in [0.1, 0.15) is 0 Å². The molecule has 0 spiro atoms. The average molecular weight is 322 g/mol. The molecule has 3 aromatic carbocycles. The number of halogens is 1. The Kier molecular flexibility index (Phi) is 3.54. The molecule has 96 valence electrons. The van der Waals surface area contributed by atoms with Crippen molar-refractivity contribution < 1.29 is 0 Å². The largest absolute Gasteiger partial charge is 0.198 e. The zero-order chi connectivity index (χ0) is 13.9. The summed E-state index contributed by atoms with van der Waals surface area (Å²) in [6.07, 6.45) is 0.464. The van der Waals surface area contributed by atoms with E-state index in [0.717, 1.165) is 10.0 Å². The van der Waals surface area contributed by atoms with Crippen LogP contribution in [0.3, 0.4) is 0 Å². The van der Waals surface area contributed by atoms with Crippen LogP contribution in [-0.4, -0.2) is 0 Å². The van der Waals surface area contributed by atoms with E-state index >= 15 is 0 Å². The van der Waals surface area contributed by atoms with Crippen LogP contribution in [0.5, 0.6) is 0 Å². The lowest BCUT2D eigenvalue weighted by atomic mass is 10.00. The van der Waals surface area contributed by atoms with Crippen LogP contribution >= 0.6 is 15.9 Å². The molecular weight excluding hydrogens is 310 g/mol. The van der Waals surface area contributed by atoms with Gasteiger partial charge in [-0.1, -0.05) is 58.4 Å². The van der Waals surface area contributed by atoms with Gasteiger partial charge in [0.2, 0.25) is 0 Å². The third-order valence-electron chi connectivity index (χ3n) is 3.37. The predicted molar refractivity (Wildman–Crippen MR) is 86.4 cm³/mol. The third-order valence-corrected chi connectivity index (χ3v) is 3.87. The molecule has 0 amide bonds. The first-order valence-corrected chi connectivity index (χ1v) is 7.21. The van der Waals surface area contributed by atoms with Crippen molar-refractivity contribution in [2.24, 2.45) is 0 Å². The highest BCUT2D eigenvalue weighted by molar-refractivity contribution is 9.10. The molecule has 3 rings (SSSR count). The molecule has 0 N–H and O–H groups in total. The second kappa shape index (κ2) is 5.48. The van der Waals surface area contributed by atoms with Crippen LogP contribution in [0.25, 0.3) is 21.9 Å². The molecule has 0 saturated heterocycles. The Hall–Kier alpha value is -2.11. The molecule has 20 heavy (non-hydrogen) atoms. The number of hydrogen-bond acceptors (Lipinski definition) is 1. The van der Waals surface area contributed by atoms with Gasteiger partial charge in [-0.25, -0.2) is 0 Å². The molecular formula is C18H12BrN.